The second kappa shape index (κ2) is 64.1. The monoisotopic (exact) mass is 1340 g/mol. The summed E-state index contributed by atoms with van der Waals surface area (Å²) in [5.41, 5.74) is 0. The number of esters is 4. The number of carbonyl (C=O) groups excluding carboxylic acids is 4. The van der Waals surface area contributed by atoms with Crippen LogP contribution < -0.4 is 0 Å². The Morgan fingerprint density at radius 3 is 0.835 bits per heavy atom. The Morgan fingerprint density at radius 2 is 0.560 bits per heavy atom. The summed E-state index contributed by atoms with van der Waals surface area (Å²) >= 11 is 0. The first-order valence-electron chi connectivity index (χ1n) is 37.5. The molecule has 540 valence electrons. The molecule has 0 rings (SSSR count). The van der Waals surface area contributed by atoms with Crippen molar-refractivity contribution in [1.82, 2.24) is 0 Å². The molecular formula is C72H140O17P2. The molecule has 0 spiro atoms. The predicted octanol–water partition coefficient (Wildman–Crippen LogP) is 20.8. The van der Waals surface area contributed by atoms with E-state index in [0.717, 1.165) is 102 Å². The molecule has 0 aliphatic rings. The molecule has 17 nitrogen and oxygen atoms in total. The van der Waals surface area contributed by atoms with Crippen molar-refractivity contribution in [2.75, 3.05) is 39.6 Å². The van der Waals surface area contributed by atoms with Gasteiger partial charge in [-0.1, -0.05) is 318 Å². The molecule has 6 atom stereocenters. The zero-order valence-electron chi connectivity index (χ0n) is 59.1. The molecular weight excluding hydrogens is 1200 g/mol. The van der Waals surface area contributed by atoms with Gasteiger partial charge in [-0.15, -0.1) is 0 Å². The Labute approximate surface area is 556 Å². The molecule has 0 saturated heterocycles. The number of carbonyl (C=O) groups is 4. The van der Waals surface area contributed by atoms with Gasteiger partial charge in [0.25, 0.3) is 0 Å². The normalized spacial score (nSPS) is 14.4. The lowest BCUT2D eigenvalue weighted by molar-refractivity contribution is -0.161. The topological polar surface area (TPSA) is 237 Å². The van der Waals surface area contributed by atoms with Crippen LogP contribution in [0.3, 0.4) is 0 Å². The van der Waals surface area contributed by atoms with Crippen molar-refractivity contribution in [3.05, 3.63) is 0 Å². The van der Waals surface area contributed by atoms with E-state index in [1.165, 1.54) is 186 Å². The van der Waals surface area contributed by atoms with Crippen molar-refractivity contribution >= 4 is 39.5 Å². The first kappa shape index (κ1) is 89.1. The van der Waals surface area contributed by atoms with Crippen LogP contribution in [0.2, 0.25) is 0 Å². The van der Waals surface area contributed by atoms with Gasteiger partial charge in [0.15, 0.2) is 12.2 Å². The van der Waals surface area contributed by atoms with Crippen LogP contribution in [0.25, 0.3) is 0 Å². The van der Waals surface area contributed by atoms with Crippen molar-refractivity contribution in [3.8, 4) is 0 Å². The Balaban J connectivity index is 5.22. The van der Waals surface area contributed by atoms with Crippen molar-refractivity contribution in [2.24, 2.45) is 11.8 Å². The van der Waals surface area contributed by atoms with Gasteiger partial charge in [-0.3, -0.25) is 37.3 Å². The molecule has 0 amide bonds. The quantitative estimate of drug-likeness (QED) is 0.0222. The lowest BCUT2D eigenvalue weighted by Crippen LogP contribution is -2.30. The molecule has 0 bridgehead atoms. The van der Waals surface area contributed by atoms with Crippen LogP contribution in [0.15, 0.2) is 0 Å². The molecule has 0 fully saturated rings. The van der Waals surface area contributed by atoms with E-state index in [0.29, 0.717) is 25.7 Å². The number of hydrogen-bond donors (Lipinski definition) is 3. The smallest absolute Gasteiger partial charge is 0.462 e. The fourth-order valence-corrected chi connectivity index (χ4v) is 12.5. The summed E-state index contributed by atoms with van der Waals surface area (Å²) < 4.78 is 68.3. The van der Waals surface area contributed by atoms with Crippen LogP contribution in [0.4, 0.5) is 0 Å². The van der Waals surface area contributed by atoms with Gasteiger partial charge in [-0.2, -0.15) is 0 Å². The average molecular weight is 1340 g/mol. The molecule has 0 heterocycles. The predicted molar refractivity (Wildman–Crippen MR) is 368 cm³/mol. The van der Waals surface area contributed by atoms with Gasteiger partial charge in [0.05, 0.1) is 26.4 Å². The lowest BCUT2D eigenvalue weighted by atomic mass is 9.99. The first-order valence-corrected chi connectivity index (χ1v) is 40.5. The van der Waals surface area contributed by atoms with Crippen LogP contribution >= 0.6 is 15.6 Å². The van der Waals surface area contributed by atoms with E-state index < -0.39 is 97.5 Å². The first-order chi connectivity index (χ1) is 43.9. The maximum absolute atomic E-state index is 13.0. The third kappa shape index (κ3) is 65.1. The summed E-state index contributed by atoms with van der Waals surface area (Å²) in [7, 11) is -9.90. The second-order valence-corrected chi connectivity index (χ2v) is 29.6. The van der Waals surface area contributed by atoms with E-state index in [1.807, 2.05) is 0 Å². The van der Waals surface area contributed by atoms with Crippen LogP contribution in [0, 0.1) is 11.8 Å². The van der Waals surface area contributed by atoms with E-state index in [4.69, 9.17) is 37.0 Å². The second-order valence-electron chi connectivity index (χ2n) is 26.7. The zero-order valence-corrected chi connectivity index (χ0v) is 60.9. The van der Waals surface area contributed by atoms with Gasteiger partial charge >= 0.3 is 39.5 Å². The average Bonchev–Trinajstić information content (AvgIpc) is 3.55. The summed E-state index contributed by atoms with van der Waals surface area (Å²) in [6.07, 6.45) is 49.8. The number of unbranched alkanes of at least 4 members (excludes halogenated alkanes) is 40. The number of ether oxygens (including phenoxy) is 4. The molecule has 0 aromatic heterocycles. The lowest BCUT2D eigenvalue weighted by Gasteiger charge is -2.21. The van der Waals surface area contributed by atoms with Crippen LogP contribution in [-0.4, -0.2) is 96.7 Å². The minimum atomic E-state index is -4.95. The highest BCUT2D eigenvalue weighted by molar-refractivity contribution is 7.47. The summed E-state index contributed by atoms with van der Waals surface area (Å²) in [5, 5.41) is 10.6. The number of phosphoric ester groups is 2. The fourth-order valence-electron chi connectivity index (χ4n) is 10.9. The Hall–Kier alpha value is -1.94. The highest BCUT2D eigenvalue weighted by atomic mass is 31.2. The highest BCUT2D eigenvalue weighted by Gasteiger charge is 2.30. The van der Waals surface area contributed by atoms with Crippen molar-refractivity contribution in [2.45, 2.75) is 387 Å². The van der Waals surface area contributed by atoms with Crippen LogP contribution in [0.1, 0.15) is 369 Å². The van der Waals surface area contributed by atoms with E-state index in [9.17, 15) is 43.2 Å². The highest BCUT2D eigenvalue weighted by Crippen LogP contribution is 2.45. The number of hydrogen-bond acceptors (Lipinski definition) is 15. The molecule has 3 unspecified atom stereocenters. The molecule has 0 aromatic carbocycles. The number of rotatable bonds is 71. The number of aliphatic hydroxyl groups excluding tert-OH is 1. The Bertz CT molecular complexity index is 1770. The molecule has 0 radical (unpaired) electrons. The SMILES string of the molecule is CCCCCCCCCCCCC(=O)OC[C@H](COP(=O)(O)OC[C@H](O)COP(=O)(O)OC[C@@H](COC(=O)CCCCCCCCCCCCC(C)C)OC(=O)CCCCCCCCCCCCCCCCC(C)CC)OC(=O)CCCCCCCCCCCC. The molecule has 3 N–H and O–H groups in total. The maximum Gasteiger partial charge on any atom is 0.472 e. The van der Waals surface area contributed by atoms with Crippen LogP contribution in [0.5, 0.6) is 0 Å². The van der Waals surface area contributed by atoms with Gasteiger partial charge < -0.3 is 33.8 Å². The van der Waals surface area contributed by atoms with Crippen molar-refractivity contribution < 1.29 is 80.2 Å². The molecule has 0 aromatic rings. The van der Waals surface area contributed by atoms with E-state index >= 15 is 0 Å². The standard InChI is InChI=1S/C72H140O17P2/c1-7-10-12-14-16-18-30-36-42-48-54-69(74)82-60-67(88-71(76)56-50-44-38-31-19-17-15-13-11-8-2)62-86-90(78,79)84-58-66(73)59-85-91(80,81)87-63-68(61-83-70(75)55-49-43-37-32-27-26-28-34-40-46-52-64(4)5)89-72(77)57-51-45-39-33-25-23-21-20-22-24-29-35-41-47-53-65(6)9-3/h64-68,73H,7-63H2,1-6H3,(H,78,79)(H,80,81)/t65?,66-,67+,68+/m0/s1. The third-order valence-corrected chi connectivity index (χ3v) is 19.0. The van der Waals surface area contributed by atoms with Gasteiger partial charge in [-0.05, 0) is 37.5 Å². The Kier molecular flexibility index (Phi) is 62.7. The fraction of sp³-hybridized carbons (Fsp3) is 0.944. The van der Waals surface area contributed by atoms with Gasteiger partial charge in [0.1, 0.15) is 19.3 Å². The summed E-state index contributed by atoms with van der Waals surface area (Å²) in [6, 6.07) is 0. The zero-order chi connectivity index (χ0) is 67.2. The largest absolute Gasteiger partial charge is 0.472 e. The number of phosphoric acid groups is 2. The van der Waals surface area contributed by atoms with Gasteiger partial charge in [0, 0.05) is 25.7 Å². The third-order valence-electron chi connectivity index (χ3n) is 17.1. The van der Waals surface area contributed by atoms with Gasteiger partial charge in [0.2, 0.25) is 0 Å². The number of aliphatic hydroxyl groups is 1. The minimum Gasteiger partial charge on any atom is -0.462 e. The van der Waals surface area contributed by atoms with Crippen LogP contribution in [-0.2, 0) is 65.4 Å². The summed E-state index contributed by atoms with van der Waals surface area (Å²) in [4.78, 5) is 72.6. The molecule has 0 saturated carbocycles. The minimum absolute atomic E-state index is 0.106. The summed E-state index contributed by atoms with van der Waals surface area (Å²) in [6.45, 7) is 9.60. The summed E-state index contributed by atoms with van der Waals surface area (Å²) in [5.74, 6) is -0.517. The van der Waals surface area contributed by atoms with E-state index in [1.54, 1.807) is 0 Å². The van der Waals surface area contributed by atoms with Crippen molar-refractivity contribution in [3.63, 3.8) is 0 Å². The molecule has 0 aliphatic heterocycles. The van der Waals surface area contributed by atoms with Gasteiger partial charge in [-0.25, -0.2) is 9.13 Å². The maximum atomic E-state index is 13.0. The Morgan fingerprint density at radius 1 is 0.319 bits per heavy atom. The molecule has 91 heavy (non-hydrogen) atoms. The van der Waals surface area contributed by atoms with E-state index in [-0.39, 0.29) is 25.7 Å². The van der Waals surface area contributed by atoms with E-state index in [2.05, 4.69) is 41.5 Å². The van der Waals surface area contributed by atoms with Crippen molar-refractivity contribution in [1.29, 1.82) is 0 Å². The molecule has 19 heteroatoms. The molecule has 0 aliphatic carbocycles.